The van der Waals surface area contributed by atoms with Crippen LogP contribution in [-0.4, -0.2) is 34.9 Å². The van der Waals surface area contributed by atoms with Crippen molar-refractivity contribution in [3.8, 4) is 0 Å². The normalized spacial score (nSPS) is 21.9. The van der Waals surface area contributed by atoms with Crippen molar-refractivity contribution in [1.82, 2.24) is 5.32 Å². The van der Waals surface area contributed by atoms with Crippen LogP contribution in [0, 0.1) is 5.92 Å². The molecular formula is C15H22ClN3O2S. The minimum atomic E-state index is -0.794. The van der Waals surface area contributed by atoms with Gasteiger partial charge < -0.3 is 21.1 Å². The van der Waals surface area contributed by atoms with Crippen LogP contribution < -0.4 is 16.0 Å². The zero-order chi connectivity index (χ0) is 14.7. The van der Waals surface area contributed by atoms with Crippen molar-refractivity contribution in [1.29, 1.82) is 0 Å². The Morgan fingerprint density at radius 2 is 2.00 bits per heavy atom. The lowest BCUT2D eigenvalue weighted by atomic mass is 10.0. The topological polar surface area (TPSA) is 73.4 Å². The van der Waals surface area contributed by atoms with Gasteiger partial charge in [-0.1, -0.05) is 12.1 Å². The van der Waals surface area contributed by atoms with Crippen LogP contribution in [-0.2, 0) is 4.79 Å². The number of hydrogen-bond donors (Lipinski definition) is 4. The number of benzene rings is 1. The molecule has 3 rings (SSSR count). The summed E-state index contributed by atoms with van der Waals surface area (Å²) >= 11 is 1.68. The standard InChI is InChI=1S/C15H21N3O2S.ClH/c19-14(20)8-15(21-10-11-4-3-7-16-9-11)17-12-5-1-2-6-13(12)18-15;/h1-2,5-6,11,16-18H,3-4,7-10H2,(H,19,20);1H. The summed E-state index contributed by atoms with van der Waals surface area (Å²) in [5.41, 5.74) is 1.96. The van der Waals surface area contributed by atoms with Crippen LogP contribution in [0.4, 0.5) is 11.4 Å². The highest BCUT2D eigenvalue weighted by molar-refractivity contribution is 8.00. The third-order valence-electron chi connectivity index (χ3n) is 3.96. The molecule has 1 aromatic carbocycles. The maximum absolute atomic E-state index is 11.3. The highest BCUT2D eigenvalue weighted by Gasteiger charge is 2.39. The average Bonchev–Trinajstić information content (AvgIpc) is 2.84. The number of para-hydroxylation sites is 2. The van der Waals surface area contributed by atoms with E-state index < -0.39 is 11.0 Å². The average molecular weight is 344 g/mol. The largest absolute Gasteiger partial charge is 0.481 e. The summed E-state index contributed by atoms with van der Waals surface area (Å²) in [7, 11) is 0. The fourth-order valence-electron chi connectivity index (χ4n) is 2.92. The van der Waals surface area contributed by atoms with Gasteiger partial charge in [0.05, 0.1) is 17.8 Å². The third kappa shape index (κ3) is 4.00. The molecule has 1 atom stereocenters. The number of hydrogen-bond acceptors (Lipinski definition) is 5. The van der Waals surface area contributed by atoms with Crippen molar-refractivity contribution in [3.63, 3.8) is 0 Å². The van der Waals surface area contributed by atoms with Crippen molar-refractivity contribution < 1.29 is 9.90 Å². The zero-order valence-electron chi connectivity index (χ0n) is 12.3. The van der Waals surface area contributed by atoms with E-state index in [-0.39, 0.29) is 18.8 Å². The fourth-order valence-corrected chi connectivity index (χ4v) is 4.31. The van der Waals surface area contributed by atoms with Crippen molar-refractivity contribution in [3.05, 3.63) is 24.3 Å². The SMILES string of the molecule is Cl.O=C(O)CC1(SCC2CCCNC2)Nc2ccccc2N1. The van der Waals surface area contributed by atoms with Crippen molar-refractivity contribution in [2.75, 3.05) is 29.5 Å². The number of thioether (sulfide) groups is 1. The van der Waals surface area contributed by atoms with E-state index >= 15 is 0 Å². The molecule has 2 heterocycles. The van der Waals surface area contributed by atoms with E-state index in [1.165, 1.54) is 12.8 Å². The highest BCUT2D eigenvalue weighted by atomic mass is 35.5. The maximum Gasteiger partial charge on any atom is 0.308 e. The molecule has 0 spiro atoms. The summed E-state index contributed by atoms with van der Waals surface area (Å²) in [6.45, 7) is 2.13. The minimum absolute atomic E-state index is 0. The van der Waals surface area contributed by atoms with Crippen LogP contribution in [0.15, 0.2) is 24.3 Å². The summed E-state index contributed by atoms with van der Waals surface area (Å²) in [5.74, 6) is 0.771. The Morgan fingerprint density at radius 3 is 2.55 bits per heavy atom. The molecule has 0 aliphatic carbocycles. The van der Waals surface area contributed by atoms with Crippen LogP contribution in [0.1, 0.15) is 19.3 Å². The lowest BCUT2D eigenvalue weighted by Gasteiger charge is -2.31. The van der Waals surface area contributed by atoms with Crippen LogP contribution in [0.2, 0.25) is 0 Å². The Morgan fingerprint density at radius 1 is 1.32 bits per heavy atom. The molecule has 0 bridgehead atoms. The molecule has 0 radical (unpaired) electrons. The van der Waals surface area contributed by atoms with Gasteiger partial charge in [0.2, 0.25) is 0 Å². The van der Waals surface area contributed by atoms with Gasteiger partial charge in [0.25, 0.3) is 0 Å². The van der Waals surface area contributed by atoms with Gasteiger partial charge in [-0.05, 0) is 44.0 Å². The second kappa shape index (κ2) is 7.44. The van der Waals surface area contributed by atoms with Crippen LogP contribution in [0.3, 0.4) is 0 Å². The van der Waals surface area contributed by atoms with Crippen LogP contribution in [0.5, 0.6) is 0 Å². The number of fused-ring (bicyclic) bond motifs is 1. The molecule has 5 nitrogen and oxygen atoms in total. The van der Waals surface area contributed by atoms with Gasteiger partial charge in [-0.3, -0.25) is 4.79 Å². The molecule has 2 aliphatic rings. The molecule has 122 valence electrons. The zero-order valence-corrected chi connectivity index (χ0v) is 13.9. The number of carboxylic acids is 1. The molecule has 1 saturated heterocycles. The van der Waals surface area contributed by atoms with Gasteiger partial charge in [0, 0.05) is 5.75 Å². The Hall–Kier alpha value is -1.11. The number of halogens is 1. The number of anilines is 2. The number of aliphatic carboxylic acids is 1. The van der Waals surface area contributed by atoms with Crippen LogP contribution >= 0.6 is 24.2 Å². The molecule has 1 unspecified atom stereocenters. The van der Waals surface area contributed by atoms with Crippen molar-refractivity contribution >= 4 is 41.5 Å². The predicted molar refractivity (Wildman–Crippen MR) is 94.0 cm³/mol. The van der Waals surface area contributed by atoms with E-state index in [4.69, 9.17) is 0 Å². The van der Waals surface area contributed by atoms with Crippen molar-refractivity contribution in [2.45, 2.75) is 24.3 Å². The summed E-state index contributed by atoms with van der Waals surface area (Å²) in [4.78, 5) is 10.6. The molecule has 0 amide bonds. The molecule has 0 aromatic heterocycles. The first kappa shape index (κ1) is 17.2. The molecule has 0 saturated carbocycles. The van der Waals surface area contributed by atoms with Crippen molar-refractivity contribution in [2.24, 2.45) is 5.92 Å². The Bertz CT molecular complexity index is 498. The Balaban J connectivity index is 0.00000176. The summed E-state index contributed by atoms with van der Waals surface area (Å²) in [6, 6.07) is 7.88. The van der Waals surface area contributed by atoms with Gasteiger partial charge in [-0.25, -0.2) is 0 Å². The monoisotopic (exact) mass is 343 g/mol. The summed E-state index contributed by atoms with van der Waals surface area (Å²) < 4.78 is 0. The molecule has 1 aromatic rings. The van der Waals surface area contributed by atoms with E-state index in [1.807, 2.05) is 24.3 Å². The quantitative estimate of drug-likeness (QED) is 0.659. The van der Waals surface area contributed by atoms with E-state index in [0.717, 1.165) is 30.2 Å². The van der Waals surface area contributed by atoms with Gasteiger partial charge in [-0.15, -0.1) is 24.2 Å². The minimum Gasteiger partial charge on any atom is -0.481 e. The molecule has 2 aliphatic heterocycles. The lowest BCUT2D eigenvalue weighted by molar-refractivity contribution is -0.137. The van der Waals surface area contributed by atoms with E-state index in [1.54, 1.807) is 11.8 Å². The van der Waals surface area contributed by atoms with Gasteiger partial charge in [0.15, 0.2) is 4.99 Å². The number of piperidine rings is 1. The Kier molecular flexibility index (Phi) is 5.83. The fraction of sp³-hybridized carbons (Fsp3) is 0.533. The van der Waals surface area contributed by atoms with Gasteiger partial charge in [0.1, 0.15) is 0 Å². The lowest BCUT2D eigenvalue weighted by Crippen LogP contribution is -2.42. The number of carboxylic acid groups (broad SMARTS) is 1. The second-order valence-electron chi connectivity index (χ2n) is 5.72. The van der Waals surface area contributed by atoms with E-state index in [2.05, 4.69) is 16.0 Å². The maximum atomic E-state index is 11.3. The molecule has 7 heteroatoms. The van der Waals surface area contributed by atoms with E-state index in [9.17, 15) is 9.90 Å². The molecular weight excluding hydrogens is 322 g/mol. The molecule has 22 heavy (non-hydrogen) atoms. The second-order valence-corrected chi connectivity index (χ2v) is 7.04. The summed E-state index contributed by atoms with van der Waals surface area (Å²) in [5, 5.41) is 19.4. The van der Waals surface area contributed by atoms with Gasteiger partial charge in [-0.2, -0.15) is 0 Å². The number of rotatable bonds is 5. The van der Waals surface area contributed by atoms with E-state index in [0.29, 0.717) is 5.92 Å². The van der Waals surface area contributed by atoms with Crippen LogP contribution in [0.25, 0.3) is 0 Å². The Labute approximate surface area is 141 Å². The first-order valence-electron chi connectivity index (χ1n) is 7.39. The first-order chi connectivity index (χ1) is 10.2. The number of nitrogens with one attached hydrogen (secondary N) is 3. The highest BCUT2D eigenvalue weighted by Crippen LogP contribution is 2.42. The van der Waals surface area contributed by atoms with Gasteiger partial charge >= 0.3 is 5.97 Å². The smallest absolute Gasteiger partial charge is 0.308 e. The molecule has 1 fully saturated rings. The first-order valence-corrected chi connectivity index (χ1v) is 8.37. The predicted octanol–water partition coefficient (Wildman–Crippen LogP) is 2.81. The molecule has 4 N–H and O–H groups in total. The number of carbonyl (C=O) groups is 1. The third-order valence-corrected chi connectivity index (χ3v) is 5.44. The summed E-state index contributed by atoms with van der Waals surface area (Å²) in [6.07, 6.45) is 2.47.